The maximum absolute atomic E-state index is 14.2. The molecule has 3 heterocycles. The summed E-state index contributed by atoms with van der Waals surface area (Å²) >= 11 is 0. The average Bonchev–Trinajstić information content (AvgIpc) is 3.04. The number of hydrogen-bond acceptors (Lipinski definition) is 6. The van der Waals surface area contributed by atoms with Gasteiger partial charge in [0, 0.05) is 19.2 Å². The average molecular weight is 360 g/mol. The Bertz CT molecular complexity index is 960. The largest absolute Gasteiger partial charge is 0.503 e. The van der Waals surface area contributed by atoms with Crippen LogP contribution in [-0.4, -0.2) is 43.2 Å². The van der Waals surface area contributed by atoms with Gasteiger partial charge in [-0.15, -0.1) is 5.10 Å². The molecule has 0 bridgehead atoms. The molecule has 1 saturated heterocycles. The molecule has 26 heavy (non-hydrogen) atoms. The Morgan fingerprint density at radius 3 is 2.42 bits per heavy atom. The Kier molecular flexibility index (Phi) is 3.74. The van der Waals surface area contributed by atoms with E-state index in [9.17, 15) is 13.9 Å². The Morgan fingerprint density at radius 2 is 1.77 bits per heavy atom. The molecule has 1 aliphatic heterocycles. The van der Waals surface area contributed by atoms with Gasteiger partial charge in [0.1, 0.15) is 16.7 Å². The molecule has 2 aromatic heterocycles. The van der Waals surface area contributed by atoms with Crippen molar-refractivity contribution in [2.24, 2.45) is 5.41 Å². The highest BCUT2D eigenvalue weighted by atomic mass is 19.1. The molecule has 0 aliphatic carbocycles. The van der Waals surface area contributed by atoms with Crippen molar-refractivity contribution in [3.8, 4) is 11.4 Å². The van der Waals surface area contributed by atoms with Crippen molar-refractivity contribution < 1.29 is 13.9 Å². The minimum absolute atomic E-state index is 0.000128. The molecule has 0 unspecified atom stereocenters. The third kappa shape index (κ3) is 2.73. The van der Waals surface area contributed by atoms with E-state index in [1.54, 1.807) is 0 Å². The van der Waals surface area contributed by atoms with E-state index in [1.807, 2.05) is 0 Å². The zero-order chi connectivity index (χ0) is 18.5. The smallest absolute Gasteiger partial charge is 0.225 e. The van der Waals surface area contributed by atoms with Crippen molar-refractivity contribution in [1.29, 1.82) is 0 Å². The zero-order valence-corrected chi connectivity index (χ0v) is 14.4. The van der Waals surface area contributed by atoms with Crippen molar-refractivity contribution >= 4 is 17.0 Å². The summed E-state index contributed by atoms with van der Waals surface area (Å²) in [5, 5.41) is 17.1. The lowest BCUT2D eigenvalue weighted by atomic mass is 9.83. The fraction of sp³-hybridized carbons (Fsp3) is 0.412. The van der Waals surface area contributed by atoms with E-state index in [-0.39, 0.29) is 11.0 Å². The van der Waals surface area contributed by atoms with Crippen LogP contribution < -0.4 is 4.90 Å². The quantitative estimate of drug-likeness (QED) is 0.757. The number of benzene rings is 1. The van der Waals surface area contributed by atoms with E-state index in [0.717, 1.165) is 36.7 Å². The van der Waals surface area contributed by atoms with Gasteiger partial charge in [0.2, 0.25) is 5.95 Å². The van der Waals surface area contributed by atoms with Gasteiger partial charge < -0.3 is 10.0 Å². The van der Waals surface area contributed by atoms with Crippen LogP contribution >= 0.6 is 0 Å². The minimum Gasteiger partial charge on any atom is -0.503 e. The minimum atomic E-state index is -1.12. The molecule has 1 N–H and O–H groups in total. The van der Waals surface area contributed by atoms with Crippen LogP contribution in [0.2, 0.25) is 0 Å². The van der Waals surface area contributed by atoms with Crippen molar-refractivity contribution in [2.45, 2.75) is 26.7 Å². The van der Waals surface area contributed by atoms with Crippen LogP contribution in [0.15, 0.2) is 18.5 Å². The van der Waals surface area contributed by atoms with Gasteiger partial charge >= 0.3 is 0 Å². The molecule has 1 fully saturated rings. The topological polar surface area (TPSA) is 80.0 Å². The third-order valence-electron chi connectivity index (χ3n) is 4.87. The van der Waals surface area contributed by atoms with E-state index in [1.165, 1.54) is 12.4 Å². The van der Waals surface area contributed by atoms with Crippen LogP contribution in [0.3, 0.4) is 0 Å². The van der Waals surface area contributed by atoms with Gasteiger partial charge in [-0.2, -0.15) is 0 Å². The molecular weight excluding hydrogens is 342 g/mol. The summed E-state index contributed by atoms with van der Waals surface area (Å²) in [6, 6.07) is 0.932. The number of halogens is 2. The number of rotatable bonds is 2. The zero-order valence-electron chi connectivity index (χ0n) is 14.4. The summed E-state index contributed by atoms with van der Waals surface area (Å²) < 4.78 is 28.8. The molecule has 7 nitrogen and oxygen atoms in total. The first-order chi connectivity index (χ1) is 12.4. The molecule has 0 radical (unpaired) electrons. The summed E-state index contributed by atoms with van der Waals surface area (Å²) in [5.41, 5.74) is 0.573. The van der Waals surface area contributed by atoms with Crippen molar-refractivity contribution in [1.82, 2.24) is 25.0 Å². The van der Waals surface area contributed by atoms with Crippen molar-refractivity contribution in [3.05, 3.63) is 30.1 Å². The molecule has 0 amide bonds. The van der Waals surface area contributed by atoms with E-state index in [0.29, 0.717) is 17.1 Å². The normalized spacial score (nSPS) is 17.0. The van der Waals surface area contributed by atoms with Crippen LogP contribution in [0.1, 0.15) is 26.7 Å². The fourth-order valence-corrected chi connectivity index (χ4v) is 3.08. The predicted octanol–water partition coefficient (Wildman–Crippen LogP) is 2.82. The number of anilines is 1. The first-order valence-electron chi connectivity index (χ1n) is 8.35. The van der Waals surface area contributed by atoms with Gasteiger partial charge in [-0.05, 0) is 18.3 Å². The highest BCUT2D eigenvalue weighted by molar-refractivity contribution is 5.78. The van der Waals surface area contributed by atoms with Gasteiger partial charge in [-0.25, -0.2) is 23.4 Å². The number of hydrogen-bond donors (Lipinski definition) is 1. The van der Waals surface area contributed by atoms with Gasteiger partial charge in [0.15, 0.2) is 17.4 Å². The summed E-state index contributed by atoms with van der Waals surface area (Å²) in [7, 11) is 0. The van der Waals surface area contributed by atoms with Crippen LogP contribution in [0.5, 0.6) is 5.75 Å². The van der Waals surface area contributed by atoms with Gasteiger partial charge in [-0.1, -0.05) is 19.1 Å². The van der Waals surface area contributed by atoms with Crippen molar-refractivity contribution in [3.63, 3.8) is 0 Å². The van der Waals surface area contributed by atoms with Crippen LogP contribution in [-0.2, 0) is 0 Å². The highest BCUT2D eigenvalue weighted by Crippen LogP contribution is 2.31. The number of phenolic OH excluding ortho intramolecular Hbond substituents is 1. The highest BCUT2D eigenvalue weighted by Gasteiger charge is 2.26. The van der Waals surface area contributed by atoms with Crippen LogP contribution in [0, 0.1) is 17.0 Å². The Morgan fingerprint density at radius 1 is 1.12 bits per heavy atom. The monoisotopic (exact) mass is 360 g/mol. The standard InChI is InChI=1S/C17H18F2N6O/c1-17(2)3-5-24(6-4-17)16-20-8-10(9-21-16)25-14-12(22-23-25)7-11(18)15(26)13(14)19/h7-9,26H,3-6H2,1-2H3. The SMILES string of the molecule is CC1(C)CCN(c2ncc(-n3nnc4cc(F)c(O)c(F)c43)cn2)CC1. The Labute approximate surface area is 148 Å². The molecule has 9 heteroatoms. The lowest BCUT2D eigenvalue weighted by Gasteiger charge is -2.36. The fourth-order valence-electron chi connectivity index (χ4n) is 3.08. The van der Waals surface area contributed by atoms with E-state index < -0.39 is 17.4 Å². The van der Waals surface area contributed by atoms with E-state index in [2.05, 4.69) is 39.0 Å². The first-order valence-corrected chi connectivity index (χ1v) is 8.35. The molecule has 1 aromatic carbocycles. The second kappa shape index (κ2) is 5.86. The number of aromatic nitrogens is 5. The first kappa shape index (κ1) is 16.6. The number of aromatic hydroxyl groups is 1. The van der Waals surface area contributed by atoms with Gasteiger partial charge in [0.05, 0.1) is 12.4 Å². The summed E-state index contributed by atoms with van der Waals surface area (Å²) in [6.45, 7) is 6.24. The van der Waals surface area contributed by atoms with Crippen LogP contribution in [0.4, 0.5) is 14.7 Å². The second-order valence-electron chi connectivity index (χ2n) is 7.28. The maximum atomic E-state index is 14.2. The maximum Gasteiger partial charge on any atom is 0.225 e. The summed E-state index contributed by atoms with van der Waals surface area (Å²) in [6.07, 6.45) is 5.13. The Hall–Kier alpha value is -2.84. The number of piperidine rings is 1. The van der Waals surface area contributed by atoms with Gasteiger partial charge in [0.25, 0.3) is 0 Å². The van der Waals surface area contributed by atoms with E-state index >= 15 is 0 Å². The molecule has 0 spiro atoms. The summed E-state index contributed by atoms with van der Waals surface area (Å²) in [5.74, 6) is -2.66. The molecule has 1 aliphatic rings. The molecule has 0 saturated carbocycles. The van der Waals surface area contributed by atoms with E-state index in [4.69, 9.17) is 0 Å². The lowest BCUT2D eigenvalue weighted by Crippen LogP contribution is -2.38. The number of fused-ring (bicyclic) bond motifs is 1. The second-order valence-corrected chi connectivity index (χ2v) is 7.28. The predicted molar refractivity (Wildman–Crippen MR) is 91.3 cm³/mol. The Balaban J connectivity index is 1.66. The van der Waals surface area contributed by atoms with Gasteiger partial charge in [-0.3, -0.25) is 0 Å². The third-order valence-corrected chi connectivity index (χ3v) is 4.87. The molecule has 3 aromatic rings. The molecule has 4 rings (SSSR count). The number of phenols is 1. The molecule has 136 valence electrons. The number of nitrogens with zero attached hydrogens (tertiary/aromatic N) is 6. The molecular formula is C17H18F2N6O. The summed E-state index contributed by atoms with van der Waals surface area (Å²) in [4.78, 5) is 10.8. The lowest BCUT2D eigenvalue weighted by molar-refractivity contribution is 0.278. The van der Waals surface area contributed by atoms with Crippen LogP contribution in [0.25, 0.3) is 16.7 Å². The molecule has 0 atom stereocenters. The van der Waals surface area contributed by atoms with Crippen molar-refractivity contribution in [2.75, 3.05) is 18.0 Å².